The van der Waals surface area contributed by atoms with E-state index in [-0.39, 0.29) is 0 Å². The van der Waals surface area contributed by atoms with Gasteiger partial charge in [-0.3, -0.25) is 0 Å². The maximum atomic E-state index is 10.5. The van der Waals surface area contributed by atoms with E-state index in [1.54, 1.807) is 13.2 Å². The van der Waals surface area contributed by atoms with Gasteiger partial charge in [-0.2, -0.15) is 0 Å². The SMILES string of the molecule is COc1cc2c(c(C)c1CCNC(=O)O)OCCO2. The number of amides is 1. The Morgan fingerprint density at radius 1 is 1.47 bits per heavy atom. The van der Waals surface area contributed by atoms with Gasteiger partial charge in [-0.25, -0.2) is 4.79 Å². The van der Waals surface area contributed by atoms with Crippen molar-refractivity contribution in [3.63, 3.8) is 0 Å². The molecular formula is C13H17NO5. The molecule has 2 rings (SSSR count). The summed E-state index contributed by atoms with van der Waals surface area (Å²) in [4.78, 5) is 10.5. The van der Waals surface area contributed by atoms with Crippen molar-refractivity contribution in [2.45, 2.75) is 13.3 Å². The van der Waals surface area contributed by atoms with E-state index in [0.29, 0.717) is 37.7 Å². The lowest BCUT2D eigenvalue weighted by Gasteiger charge is -2.23. The molecule has 1 amide bonds. The molecule has 104 valence electrons. The van der Waals surface area contributed by atoms with Gasteiger partial charge in [0.2, 0.25) is 0 Å². The fraction of sp³-hybridized carbons (Fsp3) is 0.462. The van der Waals surface area contributed by atoms with Crippen molar-refractivity contribution < 1.29 is 24.1 Å². The summed E-state index contributed by atoms with van der Waals surface area (Å²) >= 11 is 0. The van der Waals surface area contributed by atoms with Crippen LogP contribution in [0.15, 0.2) is 6.07 Å². The molecule has 0 spiro atoms. The summed E-state index contributed by atoms with van der Waals surface area (Å²) in [7, 11) is 1.58. The monoisotopic (exact) mass is 267 g/mol. The predicted octanol–water partition coefficient (Wildman–Crippen LogP) is 1.58. The van der Waals surface area contributed by atoms with Gasteiger partial charge in [-0.05, 0) is 13.3 Å². The van der Waals surface area contributed by atoms with Crippen LogP contribution in [0.5, 0.6) is 17.2 Å². The van der Waals surface area contributed by atoms with Crippen LogP contribution < -0.4 is 19.5 Å². The quantitative estimate of drug-likeness (QED) is 0.866. The minimum atomic E-state index is -1.03. The van der Waals surface area contributed by atoms with Gasteiger partial charge >= 0.3 is 6.09 Å². The number of rotatable bonds is 4. The zero-order chi connectivity index (χ0) is 13.8. The average Bonchev–Trinajstić information content (AvgIpc) is 2.40. The molecule has 0 unspecified atom stereocenters. The van der Waals surface area contributed by atoms with Crippen molar-refractivity contribution in [2.75, 3.05) is 26.9 Å². The Labute approximate surface area is 111 Å². The summed E-state index contributed by atoms with van der Waals surface area (Å²) in [5.74, 6) is 2.09. The van der Waals surface area contributed by atoms with Gasteiger partial charge in [0.1, 0.15) is 19.0 Å². The molecule has 0 fully saturated rings. The van der Waals surface area contributed by atoms with Crippen molar-refractivity contribution in [1.82, 2.24) is 5.32 Å². The van der Waals surface area contributed by atoms with Crippen molar-refractivity contribution >= 4 is 6.09 Å². The molecule has 0 saturated heterocycles. The van der Waals surface area contributed by atoms with Crippen molar-refractivity contribution in [3.8, 4) is 17.2 Å². The van der Waals surface area contributed by atoms with Crippen LogP contribution in [-0.2, 0) is 6.42 Å². The fourth-order valence-electron chi connectivity index (χ4n) is 2.15. The largest absolute Gasteiger partial charge is 0.496 e. The Hall–Kier alpha value is -2.11. The van der Waals surface area contributed by atoms with E-state index < -0.39 is 6.09 Å². The summed E-state index contributed by atoms with van der Waals surface area (Å²) in [5, 5.41) is 10.9. The molecule has 2 N–H and O–H groups in total. The van der Waals surface area contributed by atoms with Gasteiger partial charge in [0.25, 0.3) is 0 Å². The van der Waals surface area contributed by atoms with Crippen LogP contribution in [0.25, 0.3) is 0 Å². The number of carbonyl (C=O) groups is 1. The molecule has 1 aliphatic rings. The van der Waals surface area contributed by atoms with Crippen LogP contribution in [0.3, 0.4) is 0 Å². The van der Waals surface area contributed by atoms with Crippen LogP contribution in [0, 0.1) is 6.92 Å². The molecule has 1 heterocycles. The van der Waals surface area contributed by atoms with Gasteiger partial charge in [-0.15, -0.1) is 0 Å². The number of fused-ring (bicyclic) bond motifs is 1. The summed E-state index contributed by atoms with van der Waals surface area (Å²) in [6.45, 7) is 3.29. The highest BCUT2D eigenvalue weighted by Gasteiger charge is 2.20. The van der Waals surface area contributed by atoms with E-state index in [1.807, 2.05) is 6.92 Å². The number of nitrogens with one attached hydrogen (secondary N) is 1. The van der Waals surface area contributed by atoms with Gasteiger partial charge < -0.3 is 24.6 Å². The first-order valence-electron chi connectivity index (χ1n) is 6.06. The maximum Gasteiger partial charge on any atom is 0.404 e. The van der Waals surface area contributed by atoms with E-state index >= 15 is 0 Å². The first-order valence-corrected chi connectivity index (χ1v) is 6.06. The van der Waals surface area contributed by atoms with E-state index in [0.717, 1.165) is 16.9 Å². The number of methoxy groups -OCH3 is 1. The molecule has 0 saturated carbocycles. The van der Waals surface area contributed by atoms with Crippen LogP contribution in [0.1, 0.15) is 11.1 Å². The van der Waals surface area contributed by atoms with Crippen LogP contribution in [0.4, 0.5) is 4.79 Å². The lowest BCUT2D eigenvalue weighted by Crippen LogP contribution is -2.24. The zero-order valence-corrected chi connectivity index (χ0v) is 11.0. The van der Waals surface area contributed by atoms with E-state index in [9.17, 15) is 4.79 Å². The molecule has 1 aromatic carbocycles. The molecule has 0 aromatic heterocycles. The topological polar surface area (TPSA) is 77.0 Å². The van der Waals surface area contributed by atoms with Crippen LogP contribution >= 0.6 is 0 Å². The Kier molecular flexibility index (Phi) is 3.99. The molecule has 6 heteroatoms. The van der Waals surface area contributed by atoms with Crippen molar-refractivity contribution in [2.24, 2.45) is 0 Å². The van der Waals surface area contributed by atoms with Crippen molar-refractivity contribution in [3.05, 3.63) is 17.2 Å². The van der Waals surface area contributed by atoms with E-state index in [1.165, 1.54) is 0 Å². The lowest BCUT2D eigenvalue weighted by molar-refractivity contribution is 0.169. The normalized spacial score (nSPS) is 12.9. The number of carboxylic acid groups (broad SMARTS) is 1. The number of ether oxygens (including phenoxy) is 3. The lowest BCUT2D eigenvalue weighted by atomic mass is 10.0. The predicted molar refractivity (Wildman–Crippen MR) is 68.5 cm³/mol. The van der Waals surface area contributed by atoms with Gasteiger partial charge in [0.15, 0.2) is 11.5 Å². The van der Waals surface area contributed by atoms with Crippen LogP contribution in [-0.4, -0.2) is 38.1 Å². The van der Waals surface area contributed by atoms with Gasteiger partial charge in [0.05, 0.1) is 7.11 Å². The second kappa shape index (κ2) is 5.69. The minimum absolute atomic E-state index is 0.326. The van der Waals surface area contributed by atoms with E-state index in [2.05, 4.69) is 5.32 Å². The summed E-state index contributed by atoms with van der Waals surface area (Å²) in [6, 6.07) is 1.79. The highest BCUT2D eigenvalue weighted by molar-refractivity contribution is 5.64. The van der Waals surface area contributed by atoms with Crippen molar-refractivity contribution in [1.29, 1.82) is 0 Å². The molecular weight excluding hydrogens is 250 g/mol. The molecule has 0 bridgehead atoms. The summed E-state index contributed by atoms with van der Waals surface area (Å²) in [6.07, 6.45) is -0.494. The summed E-state index contributed by atoms with van der Waals surface area (Å²) in [5.41, 5.74) is 1.86. The number of benzene rings is 1. The minimum Gasteiger partial charge on any atom is -0.496 e. The first-order chi connectivity index (χ1) is 9.13. The third-order valence-corrected chi connectivity index (χ3v) is 3.04. The second-order valence-electron chi connectivity index (χ2n) is 4.19. The first kappa shape index (κ1) is 13.3. The second-order valence-corrected chi connectivity index (χ2v) is 4.19. The smallest absolute Gasteiger partial charge is 0.404 e. The highest BCUT2D eigenvalue weighted by Crippen LogP contribution is 2.40. The Balaban J connectivity index is 2.27. The standard InChI is InChI=1S/C13H17NO5/c1-8-9(3-4-14-13(15)16)10(17-2)7-11-12(8)19-6-5-18-11/h7,14H,3-6H2,1-2H3,(H,15,16). The number of hydrogen-bond donors (Lipinski definition) is 2. The molecule has 1 aromatic rings. The molecule has 0 atom stereocenters. The third-order valence-electron chi connectivity index (χ3n) is 3.04. The maximum absolute atomic E-state index is 10.5. The van der Waals surface area contributed by atoms with Crippen LogP contribution in [0.2, 0.25) is 0 Å². The Morgan fingerprint density at radius 3 is 2.89 bits per heavy atom. The summed E-state index contributed by atoms with van der Waals surface area (Å²) < 4.78 is 16.5. The highest BCUT2D eigenvalue weighted by atomic mass is 16.6. The van der Waals surface area contributed by atoms with Gasteiger partial charge in [-0.1, -0.05) is 0 Å². The molecule has 1 aliphatic heterocycles. The Morgan fingerprint density at radius 2 is 2.21 bits per heavy atom. The molecule has 6 nitrogen and oxygen atoms in total. The molecule has 19 heavy (non-hydrogen) atoms. The molecule has 0 radical (unpaired) electrons. The van der Waals surface area contributed by atoms with Gasteiger partial charge in [0, 0.05) is 23.7 Å². The average molecular weight is 267 g/mol. The Bertz CT molecular complexity index is 486. The zero-order valence-electron chi connectivity index (χ0n) is 11.0. The third kappa shape index (κ3) is 2.83. The fourth-order valence-corrected chi connectivity index (χ4v) is 2.15. The molecule has 0 aliphatic carbocycles. The number of hydrogen-bond acceptors (Lipinski definition) is 4. The van der Waals surface area contributed by atoms with E-state index in [4.69, 9.17) is 19.3 Å².